The molecule has 2 aromatic rings. The molecule has 2 aliphatic carbocycles. The molecule has 1 amide bonds. The molecular weight excluding hydrogens is 324 g/mol. The molecule has 2 fully saturated rings. The summed E-state index contributed by atoms with van der Waals surface area (Å²) in [6.07, 6.45) is 9.86. The minimum atomic E-state index is -0.360. The molecular formula is C21H26N4O. The predicted octanol–water partition coefficient (Wildman–Crippen LogP) is 4.19. The van der Waals surface area contributed by atoms with Gasteiger partial charge in [0.2, 0.25) is 0 Å². The molecule has 2 aliphatic rings. The summed E-state index contributed by atoms with van der Waals surface area (Å²) in [6, 6.07) is 10.1. The summed E-state index contributed by atoms with van der Waals surface area (Å²) in [6.45, 7) is 2.02. The average molecular weight is 350 g/mol. The van der Waals surface area contributed by atoms with Crippen LogP contribution < -0.4 is 5.32 Å². The molecule has 0 bridgehead atoms. The van der Waals surface area contributed by atoms with Crippen molar-refractivity contribution < 1.29 is 4.79 Å². The van der Waals surface area contributed by atoms with E-state index < -0.39 is 0 Å². The Labute approximate surface area is 154 Å². The highest BCUT2D eigenvalue weighted by atomic mass is 16.1. The van der Waals surface area contributed by atoms with E-state index in [1.54, 1.807) is 0 Å². The van der Waals surface area contributed by atoms with Crippen molar-refractivity contribution in [2.45, 2.75) is 63.5 Å². The lowest BCUT2D eigenvalue weighted by molar-refractivity contribution is 0.0908. The lowest BCUT2D eigenvalue weighted by atomic mass is 9.82. The number of hydrogen-bond acceptors (Lipinski definition) is 2. The number of amides is 1. The maximum atomic E-state index is 12.8. The second-order valence-corrected chi connectivity index (χ2v) is 7.92. The molecule has 0 radical (unpaired) electrons. The van der Waals surface area contributed by atoms with E-state index in [2.05, 4.69) is 16.5 Å². The summed E-state index contributed by atoms with van der Waals surface area (Å²) in [5.74, 6) is 0.430. The Bertz CT molecular complexity index is 801. The van der Waals surface area contributed by atoms with Gasteiger partial charge in [-0.2, -0.15) is 5.26 Å². The van der Waals surface area contributed by atoms with Crippen LogP contribution in [0.25, 0.3) is 0 Å². The second-order valence-electron chi connectivity index (χ2n) is 7.92. The zero-order chi connectivity index (χ0) is 18.1. The Morgan fingerprint density at radius 1 is 1.27 bits per heavy atom. The average Bonchev–Trinajstić information content (AvgIpc) is 3.42. The fourth-order valence-electron chi connectivity index (χ4n) is 4.03. The SMILES string of the molecule is Cc1ccc(C(=O)NC(c2cn(C3(C#N)CC3)[nH]2)C2CCCCC2)cc1. The van der Waals surface area contributed by atoms with E-state index in [9.17, 15) is 10.1 Å². The first kappa shape index (κ1) is 17.0. The molecule has 1 aromatic carbocycles. The number of nitrogens with zero attached hydrogens (tertiary/aromatic N) is 2. The van der Waals surface area contributed by atoms with Crippen molar-refractivity contribution in [3.8, 4) is 6.07 Å². The number of nitrogens with one attached hydrogen (secondary N) is 2. The third-order valence-corrected chi connectivity index (χ3v) is 5.97. The molecule has 1 atom stereocenters. The second kappa shape index (κ2) is 6.68. The molecule has 1 unspecified atom stereocenters. The zero-order valence-corrected chi connectivity index (χ0v) is 15.3. The molecule has 4 rings (SSSR count). The monoisotopic (exact) mass is 350 g/mol. The standard InChI is InChI=1S/C21H26N4O/c1-15-7-9-17(10-8-15)20(26)23-19(16-5-3-2-4-6-16)18-13-25(24-18)21(14-22)11-12-21/h7-10,13,16,19,24H,2-6,11-12H2,1H3,(H,23,26). The molecule has 136 valence electrons. The van der Waals surface area contributed by atoms with Crippen molar-refractivity contribution in [1.29, 1.82) is 5.26 Å². The number of aromatic amines is 1. The van der Waals surface area contributed by atoms with E-state index in [0.29, 0.717) is 11.5 Å². The first-order valence-electron chi connectivity index (χ1n) is 9.68. The number of rotatable bonds is 5. The van der Waals surface area contributed by atoms with E-state index in [1.165, 1.54) is 19.3 Å². The maximum absolute atomic E-state index is 12.8. The number of carbonyl (C=O) groups excluding carboxylic acids is 1. The number of benzene rings is 1. The normalized spacial score (nSPS) is 20.3. The van der Waals surface area contributed by atoms with Gasteiger partial charge in [-0.05, 0) is 50.7 Å². The van der Waals surface area contributed by atoms with Gasteiger partial charge in [-0.3, -0.25) is 14.6 Å². The molecule has 26 heavy (non-hydrogen) atoms. The third kappa shape index (κ3) is 3.16. The Hall–Kier alpha value is -2.48. The van der Waals surface area contributed by atoms with Gasteiger partial charge in [0.25, 0.3) is 5.91 Å². The van der Waals surface area contributed by atoms with Gasteiger partial charge in [0, 0.05) is 11.8 Å². The lowest BCUT2D eigenvalue weighted by Crippen LogP contribution is -2.38. The van der Waals surface area contributed by atoms with Crippen molar-refractivity contribution in [1.82, 2.24) is 15.1 Å². The summed E-state index contributed by atoms with van der Waals surface area (Å²) < 4.78 is 1.93. The molecule has 2 saturated carbocycles. The van der Waals surface area contributed by atoms with Crippen LogP contribution in [0.5, 0.6) is 0 Å². The molecule has 1 aromatic heterocycles. The van der Waals surface area contributed by atoms with Crippen LogP contribution in [0.15, 0.2) is 30.5 Å². The molecule has 5 nitrogen and oxygen atoms in total. The van der Waals surface area contributed by atoms with E-state index in [-0.39, 0.29) is 17.5 Å². The van der Waals surface area contributed by atoms with Crippen molar-refractivity contribution in [3.05, 3.63) is 47.3 Å². The van der Waals surface area contributed by atoms with Crippen LogP contribution in [0.2, 0.25) is 0 Å². The van der Waals surface area contributed by atoms with E-state index in [0.717, 1.165) is 36.9 Å². The topological polar surface area (TPSA) is 73.6 Å². The van der Waals surface area contributed by atoms with Gasteiger partial charge in [0.1, 0.15) is 5.54 Å². The van der Waals surface area contributed by atoms with E-state index in [4.69, 9.17) is 0 Å². The highest BCUT2D eigenvalue weighted by Crippen LogP contribution is 2.44. The van der Waals surface area contributed by atoms with E-state index in [1.807, 2.05) is 42.1 Å². The van der Waals surface area contributed by atoms with Gasteiger partial charge in [0.05, 0.1) is 17.8 Å². The fourth-order valence-corrected chi connectivity index (χ4v) is 4.03. The van der Waals surface area contributed by atoms with Crippen molar-refractivity contribution in [3.63, 3.8) is 0 Å². The van der Waals surface area contributed by atoms with Crippen LogP contribution in [-0.2, 0) is 5.54 Å². The number of aromatic nitrogens is 2. The fraction of sp³-hybridized carbons (Fsp3) is 0.524. The Balaban J connectivity index is 1.53. The van der Waals surface area contributed by atoms with Crippen LogP contribution >= 0.6 is 0 Å². The van der Waals surface area contributed by atoms with Crippen molar-refractivity contribution >= 4 is 5.91 Å². The Kier molecular flexibility index (Phi) is 4.36. The minimum Gasteiger partial charge on any atom is -0.343 e. The van der Waals surface area contributed by atoms with Gasteiger partial charge in [-0.25, -0.2) is 0 Å². The predicted molar refractivity (Wildman–Crippen MR) is 99.6 cm³/mol. The van der Waals surface area contributed by atoms with Crippen LogP contribution in [0.3, 0.4) is 0 Å². The maximum Gasteiger partial charge on any atom is 0.251 e. The summed E-state index contributed by atoms with van der Waals surface area (Å²) in [5.41, 5.74) is 2.53. The molecule has 0 aliphatic heterocycles. The third-order valence-electron chi connectivity index (χ3n) is 5.97. The number of H-pyrrole nitrogens is 1. The lowest BCUT2D eigenvalue weighted by Gasteiger charge is -2.34. The Morgan fingerprint density at radius 3 is 2.50 bits per heavy atom. The van der Waals surface area contributed by atoms with Gasteiger partial charge in [0.15, 0.2) is 0 Å². The number of carbonyl (C=O) groups is 1. The summed E-state index contributed by atoms with van der Waals surface area (Å²) in [5, 5.41) is 16.0. The number of aryl methyl sites for hydroxylation is 1. The summed E-state index contributed by atoms with van der Waals surface area (Å²) in [7, 11) is 0. The van der Waals surface area contributed by atoms with Crippen LogP contribution in [0.4, 0.5) is 0 Å². The number of hydrogen-bond donors (Lipinski definition) is 2. The molecule has 0 saturated heterocycles. The van der Waals surface area contributed by atoms with Gasteiger partial charge in [-0.1, -0.05) is 37.0 Å². The molecule has 1 heterocycles. The van der Waals surface area contributed by atoms with Gasteiger partial charge in [-0.15, -0.1) is 0 Å². The van der Waals surface area contributed by atoms with E-state index >= 15 is 0 Å². The van der Waals surface area contributed by atoms with Crippen LogP contribution in [0.1, 0.15) is 72.6 Å². The highest BCUT2D eigenvalue weighted by Gasteiger charge is 2.47. The zero-order valence-electron chi connectivity index (χ0n) is 15.3. The smallest absolute Gasteiger partial charge is 0.251 e. The minimum absolute atomic E-state index is 0.00477. The summed E-state index contributed by atoms with van der Waals surface area (Å²) >= 11 is 0. The highest BCUT2D eigenvalue weighted by molar-refractivity contribution is 5.94. The molecule has 5 heteroatoms. The largest absolute Gasteiger partial charge is 0.343 e. The first-order chi connectivity index (χ1) is 12.6. The van der Waals surface area contributed by atoms with Crippen molar-refractivity contribution in [2.75, 3.05) is 0 Å². The quantitative estimate of drug-likeness (QED) is 0.848. The van der Waals surface area contributed by atoms with Crippen LogP contribution in [0, 0.1) is 24.2 Å². The molecule has 2 N–H and O–H groups in total. The summed E-state index contributed by atoms with van der Waals surface area (Å²) in [4.78, 5) is 12.8. The molecule has 0 spiro atoms. The van der Waals surface area contributed by atoms with Crippen LogP contribution in [-0.4, -0.2) is 15.7 Å². The Morgan fingerprint density at radius 2 is 1.92 bits per heavy atom. The van der Waals surface area contributed by atoms with Crippen molar-refractivity contribution in [2.24, 2.45) is 5.92 Å². The first-order valence-corrected chi connectivity index (χ1v) is 9.68. The van der Waals surface area contributed by atoms with Gasteiger partial charge >= 0.3 is 0 Å². The number of nitriles is 1. The van der Waals surface area contributed by atoms with Gasteiger partial charge < -0.3 is 5.32 Å².